The number of nitrogens with zero attached hydrogens (tertiary/aromatic N) is 1. The van der Waals surface area contributed by atoms with E-state index in [-0.39, 0.29) is 11.4 Å². The van der Waals surface area contributed by atoms with Crippen molar-refractivity contribution in [1.82, 2.24) is 9.71 Å². The highest BCUT2D eigenvalue weighted by Crippen LogP contribution is 2.25. The van der Waals surface area contributed by atoms with E-state index in [4.69, 9.17) is 4.42 Å². The van der Waals surface area contributed by atoms with E-state index in [1.807, 2.05) is 30.3 Å². The molecule has 3 rings (SSSR count). The molecule has 0 unspecified atom stereocenters. The van der Waals surface area contributed by atoms with Crippen LogP contribution in [0.5, 0.6) is 0 Å². The number of hydrogen-bond donors (Lipinski definition) is 1. The molecule has 5 nitrogen and oxygen atoms in total. The van der Waals surface area contributed by atoms with Crippen LogP contribution in [0.1, 0.15) is 5.69 Å². The predicted molar refractivity (Wildman–Crippen MR) is 103 cm³/mol. The normalized spacial score (nSPS) is 11.6. The fraction of sp³-hybridized carbons (Fsp3) is 0.118. The fourth-order valence-electron chi connectivity index (χ4n) is 2.21. The van der Waals surface area contributed by atoms with Crippen molar-refractivity contribution in [1.29, 1.82) is 0 Å². The quantitative estimate of drug-likeness (QED) is 0.562. The van der Waals surface area contributed by atoms with Crippen LogP contribution in [0.4, 0.5) is 0 Å². The summed E-state index contributed by atoms with van der Waals surface area (Å²) in [4.78, 5) is 4.57. The van der Waals surface area contributed by atoms with Gasteiger partial charge in [-0.2, -0.15) is 0 Å². The summed E-state index contributed by atoms with van der Waals surface area (Å²) >= 11 is 6.55. The molecule has 2 aromatic carbocycles. The maximum Gasteiger partial charge on any atom is 0.241 e. The van der Waals surface area contributed by atoms with Gasteiger partial charge in [-0.25, -0.2) is 18.1 Å². The standard InChI is InChI=1S/C17H14Br2N2O3S/c18-13-6-7-15(19)16(10-13)25(22,23)20-9-8-14-11-24-17(21-14)12-4-2-1-3-5-12/h1-7,10-11,20H,8-9H2. The Hall–Kier alpha value is -1.48. The Bertz CT molecular complexity index is 973. The van der Waals surface area contributed by atoms with Crippen LogP contribution in [-0.2, 0) is 16.4 Å². The molecule has 0 spiro atoms. The lowest BCUT2D eigenvalue weighted by Crippen LogP contribution is -2.26. The lowest BCUT2D eigenvalue weighted by Gasteiger charge is -2.08. The van der Waals surface area contributed by atoms with E-state index in [2.05, 4.69) is 41.6 Å². The Labute approximate surface area is 162 Å². The number of aromatic nitrogens is 1. The summed E-state index contributed by atoms with van der Waals surface area (Å²) in [5, 5.41) is 0. The van der Waals surface area contributed by atoms with Crippen molar-refractivity contribution in [2.45, 2.75) is 11.3 Å². The largest absolute Gasteiger partial charge is 0.444 e. The summed E-state index contributed by atoms with van der Waals surface area (Å²) in [5.74, 6) is 0.521. The van der Waals surface area contributed by atoms with Crippen LogP contribution in [0, 0.1) is 0 Å². The molecular weight excluding hydrogens is 472 g/mol. The van der Waals surface area contributed by atoms with Crippen molar-refractivity contribution >= 4 is 41.9 Å². The predicted octanol–water partition coefficient (Wildman–Crippen LogP) is 4.39. The third kappa shape index (κ3) is 4.58. The molecule has 0 aliphatic rings. The number of hydrogen-bond acceptors (Lipinski definition) is 4. The highest BCUT2D eigenvalue weighted by atomic mass is 79.9. The molecule has 0 fully saturated rings. The van der Waals surface area contributed by atoms with Crippen molar-refractivity contribution in [2.24, 2.45) is 0 Å². The average molecular weight is 486 g/mol. The summed E-state index contributed by atoms with van der Waals surface area (Å²) < 4.78 is 34.1. The van der Waals surface area contributed by atoms with Crippen molar-refractivity contribution < 1.29 is 12.8 Å². The monoisotopic (exact) mass is 484 g/mol. The third-order valence-electron chi connectivity index (χ3n) is 3.43. The molecule has 1 heterocycles. The van der Waals surface area contributed by atoms with Gasteiger partial charge in [0.05, 0.1) is 10.6 Å². The van der Waals surface area contributed by atoms with Crippen molar-refractivity contribution in [3.8, 4) is 11.5 Å². The molecule has 130 valence electrons. The van der Waals surface area contributed by atoms with E-state index in [9.17, 15) is 8.42 Å². The third-order valence-corrected chi connectivity index (χ3v) is 6.38. The molecule has 1 aromatic heterocycles. The van der Waals surface area contributed by atoms with Gasteiger partial charge in [-0.15, -0.1) is 0 Å². The summed E-state index contributed by atoms with van der Waals surface area (Å²) in [7, 11) is -3.61. The second kappa shape index (κ2) is 7.82. The van der Waals surface area contributed by atoms with Gasteiger partial charge in [0.2, 0.25) is 15.9 Å². The van der Waals surface area contributed by atoms with Crippen LogP contribution in [0.2, 0.25) is 0 Å². The second-order valence-corrected chi connectivity index (χ2v) is 8.74. The number of rotatable bonds is 6. The van der Waals surface area contributed by atoms with E-state index in [1.54, 1.807) is 24.5 Å². The number of halogens is 2. The molecular formula is C17H14Br2N2O3S. The van der Waals surface area contributed by atoms with E-state index >= 15 is 0 Å². The Morgan fingerprint density at radius 3 is 2.60 bits per heavy atom. The minimum Gasteiger partial charge on any atom is -0.444 e. The maximum atomic E-state index is 12.4. The van der Waals surface area contributed by atoms with Crippen LogP contribution >= 0.6 is 31.9 Å². The van der Waals surface area contributed by atoms with Gasteiger partial charge in [-0.3, -0.25) is 0 Å². The molecule has 0 aliphatic carbocycles. The van der Waals surface area contributed by atoms with Crippen LogP contribution in [0.3, 0.4) is 0 Å². The molecule has 0 saturated heterocycles. The Morgan fingerprint density at radius 2 is 1.84 bits per heavy atom. The van der Waals surface area contributed by atoms with E-state index in [0.717, 1.165) is 5.56 Å². The van der Waals surface area contributed by atoms with Crippen LogP contribution in [0.25, 0.3) is 11.5 Å². The van der Waals surface area contributed by atoms with Crippen molar-refractivity contribution in [3.63, 3.8) is 0 Å². The van der Waals surface area contributed by atoms with Gasteiger partial charge in [-0.05, 0) is 46.3 Å². The topological polar surface area (TPSA) is 72.2 Å². The molecule has 3 aromatic rings. The molecule has 0 bridgehead atoms. The Morgan fingerprint density at radius 1 is 1.08 bits per heavy atom. The van der Waals surface area contributed by atoms with Crippen LogP contribution in [0.15, 0.2) is 73.1 Å². The Kier molecular flexibility index (Phi) is 5.73. The molecule has 25 heavy (non-hydrogen) atoms. The second-order valence-electron chi connectivity index (χ2n) is 5.23. The highest BCUT2D eigenvalue weighted by molar-refractivity contribution is 9.11. The summed E-state index contributed by atoms with van der Waals surface area (Å²) in [6.07, 6.45) is 1.98. The summed E-state index contributed by atoms with van der Waals surface area (Å²) in [6.45, 7) is 0.224. The smallest absolute Gasteiger partial charge is 0.241 e. The van der Waals surface area contributed by atoms with Gasteiger partial charge in [0, 0.05) is 27.5 Å². The van der Waals surface area contributed by atoms with Gasteiger partial charge in [0.1, 0.15) is 6.26 Å². The summed E-state index contributed by atoms with van der Waals surface area (Å²) in [6, 6.07) is 14.5. The SMILES string of the molecule is O=S(=O)(NCCc1coc(-c2ccccc2)n1)c1cc(Br)ccc1Br. The van der Waals surface area contributed by atoms with E-state index in [0.29, 0.717) is 27.0 Å². The highest BCUT2D eigenvalue weighted by Gasteiger charge is 2.18. The van der Waals surface area contributed by atoms with E-state index < -0.39 is 10.0 Å². The molecule has 0 atom stereocenters. The fourth-order valence-corrected chi connectivity index (χ4v) is 4.74. The lowest BCUT2D eigenvalue weighted by molar-refractivity contribution is 0.570. The van der Waals surface area contributed by atoms with Gasteiger partial charge < -0.3 is 4.42 Å². The number of oxazole rings is 1. The first-order valence-electron chi connectivity index (χ1n) is 7.40. The van der Waals surface area contributed by atoms with Crippen molar-refractivity contribution in [2.75, 3.05) is 6.54 Å². The average Bonchev–Trinajstić information content (AvgIpc) is 3.06. The van der Waals surface area contributed by atoms with Gasteiger partial charge in [0.25, 0.3) is 0 Å². The molecule has 1 N–H and O–H groups in total. The van der Waals surface area contributed by atoms with Crippen LogP contribution in [-0.4, -0.2) is 19.9 Å². The zero-order chi connectivity index (χ0) is 17.9. The number of sulfonamides is 1. The Balaban J connectivity index is 1.65. The minimum absolute atomic E-state index is 0.187. The number of benzene rings is 2. The van der Waals surface area contributed by atoms with Crippen molar-refractivity contribution in [3.05, 3.63) is 69.4 Å². The van der Waals surface area contributed by atoms with Crippen LogP contribution < -0.4 is 4.72 Å². The maximum absolute atomic E-state index is 12.4. The first kappa shape index (κ1) is 18.3. The summed E-state index contributed by atoms with van der Waals surface area (Å²) in [5.41, 5.74) is 1.57. The zero-order valence-electron chi connectivity index (χ0n) is 12.9. The van der Waals surface area contributed by atoms with E-state index in [1.165, 1.54) is 0 Å². The lowest BCUT2D eigenvalue weighted by atomic mass is 10.2. The first-order valence-corrected chi connectivity index (χ1v) is 10.5. The zero-order valence-corrected chi connectivity index (χ0v) is 16.9. The van der Waals surface area contributed by atoms with Gasteiger partial charge in [0.15, 0.2) is 0 Å². The molecule has 0 radical (unpaired) electrons. The first-order chi connectivity index (χ1) is 12.0. The molecule has 0 aliphatic heterocycles. The minimum atomic E-state index is -3.61. The molecule has 0 amide bonds. The molecule has 8 heteroatoms. The van der Waals surface area contributed by atoms with Gasteiger partial charge >= 0.3 is 0 Å². The molecule has 0 saturated carbocycles. The van der Waals surface area contributed by atoms with Gasteiger partial charge in [-0.1, -0.05) is 34.1 Å². The number of nitrogens with one attached hydrogen (secondary N) is 1.